The van der Waals surface area contributed by atoms with E-state index in [9.17, 15) is 4.79 Å². The number of likely N-dealkylation sites (tertiary alicyclic amines) is 1. The normalized spacial score (nSPS) is 20.4. The van der Waals surface area contributed by atoms with Gasteiger partial charge in [0.25, 0.3) is 0 Å². The van der Waals surface area contributed by atoms with Crippen molar-refractivity contribution < 1.29 is 23.9 Å². The summed E-state index contributed by atoms with van der Waals surface area (Å²) < 4.78 is 16.2. The zero-order valence-corrected chi connectivity index (χ0v) is 14.9. The molecule has 0 atom stereocenters. The van der Waals surface area contributed by atoms with Gasteiger partial charge in [-0.25, -0.2) is 0 Å². The van der Waals surface area contributed by atoms with Gasteiger partial charge in [0.1, 0.15) is 0 Å². The quantitative estimate of drug-likeness (QED) is 0.551. The molecule has 0 bridgehead atoms. The minimum atomic E-state index is -0.0123. The summed E-state index contributed by atoms with van der Waals surface area (Å²) in [6.45, 7) is 6.33. The molecule has 1 saturated heterocycles. The summed E-state index contributed by atoms with van der Waals surface area (Å²) in [5.74, 6) is 1.69. The third kappa shape index (κ3) is 5.71. The van der Waals surface area contributed by atoms with E-state index in [0.29, 0.717) is 13.2 Å². The van der Waals surface area contributed by atoms with Crippen molar-refractivity contribution in [2.24, 2.45) is 5.92 Å². The largest absolute Gasteiger partial charge is 0.493 e. The number of carbonyl (C=O) groups is 1. The van der Waals surface area contributed by atoms with Gasteiger partial charge in [-0.15, -0.1) is 0 Å². The summed E-state index contributed by atoms with van der Waals surface area (Å²) in [7, 11) is 1.66. The van der Waals surface area contributed by atoms with Crippen molar-refractivity contribution in [2.75, 3.05) is 40.0 Å². The predicted molar refractivity (Wildman–Crippen MR) is 92.6 cm³/mol. The second-order valence-electron chi connectivity index (χ2n) is 6.23. The highest BCUT2D eigenvalue weighted by Gasteiger charge is 2.27. The van der Waals surface area contributed by atoms with Gasteiger partial charge < -0.3 is 19.1 Å². The van der Waals surface area contributed by atoms with Gasteiger partial charge in [-0.05, 0) is 31.9 Å². The number of nitrogens with one attached hydrogen (secondary N) is 1. The van der Waals surface area contributed by atoms with Crippen LogP contribution in [0.2, 0.25) is 0 Å². The fraction of sp³-hybridized carbons (Fsp3) is 0.632. The molecule has 0 saturated carbocycles. The summed E-state index contributed by atoms with van der Waals surface area (Å²) in [4.78, 5) is 13.3. The number of para-hydroxylation sites is 2. The third-order valence-corrected chi connectivity index (χ3v) is 4.56. The van der Waals surface area contributed by atoms with Crippen LogP contribution < -0.4 is 14.4 Å². The van der Waals surface area contributed by atoms with Gasteiger partial charge in [0, 0.05) is 12.8 Å². The maximum Gasteiger partial charge on any atom is 0.309 e. The molecular formula is C19H30NO4+. The van der Waals surface area contributed by atoms with E-state index in [1.165, 1.54) is 0 Å². The zero-order chi connectivity index (χ0) is 17.2. The van der Waals surface area contributed by atoms with E-state index >= 15 is 0 Å². The van der Waals surface area contributed by atoms with Crippen LogP contribution in [0.3, 0.4) is 0 Å². The Balaban J connectivity index is 1.58. The van der Waals surface area contributed by atoms with Crippen LogP contribution in [0.4, 0.5) is 0 Å². The maximum absolute atomic E-state index is 11.7. The van der Waals surface area contributed by atoms with Gasteiger partial charge in [-0.3, -0.25) is 4.79 Å². The maximum atomic E-state index is 11.7. The number of piperidine rings is 1. The second-order valence-corrected chi connectivity index (χ2v) is 6.23. The Morgan fingerprint density at radius 2 is 1.88 bits per heavy atom. The number of ether oxygens (including phenoxy) is 3. The lowest BCUT2D eigenvalue weighted by molar-refractivity contribution is -0.906. The van der Waals surface area contributed by atoms with Crippen LogP contribution >= 0.6 is 0 Å². The number of quaternary nitrogens is 1. The molecule has 5 heteroatoms. The molecule has 1 heterocycles. The number of benzene rings is 1. The van der Waals surface area contributed by atoms with E-state index < -0.39 is 0 Å². The number of hydrogen-bond donors (Lipinski definition) is 1. The minimum absolute atomic E-state index is 0.0123. The lowest BCUT2D eigenvalue weighted by Gasteiger charge is -2.28. The van der Waals surface area contributed by atoms with Crippen LogP contribution in [0.1, 0.15) is 32.6 Å². The Kier molecular flexibility index (Phi) is 7.89. The second kappa shape index (κ2) is 10.2. The Labute approximate surface area is 144 Å². The van der Waals surface area contributed by atoms with Gasteiger partial charge in [-0.1, -0.05) is 12.1 Å². The predicted octanol–water partition coefficient (Wildman–Crippen LogP) is 1.71. The van der Waals surface area contributed by atoms with E-state index in [4.69, 9.17) is 14.2 Å². The molecule has 2 rings (SSSR count). The summed E-state index contributed by atoms with van der Waals surface area (Å²) >= 11 is 0. The molecule has 1 aromatic carbocycles. The molecule has 0 amide bonds. The molecule has 0 aliphatic carbocycles. The molecule has 0 unspecified atom stereocenters. The van der Waals surface area contributed by atoms with Crippen molar-refractivity contribution in [3.05, 3.63) is 24.3 Å². The fourth-order valence-corrected chi connectivity index (χ4v) is 3.17. The Hall–Kier alpha value is -1.75. The zero-order valence-electron chi connectivity index (χ0n) is 14.9. The number of unbranched alkanes of at least 4 members (excludes halogenated alkanes) is 1. The molecule has 5 nitrogen and oxygen atoms in total. The van der Waals surface area contributed by atoms with Crippen LogP contribution in [-0.4, -0.2) is 45.9 Å². The highest BCUT2D eigenvalue weighted by Crippen LogP contribution is 2.25. The number of esters is 1. The van der Waals surface area contributed by atoms with E-state index in [-0.39, 0.29) is 11.9 Å². The highest BCUT2D eigenvalue weighted by atomic mass is 16.5. The van der Waals surface area contributed by atoms with Crippen LogP contribution in [0, 0.1) is 5.92 Å². The van der Waals surface area contributed by atoms with Gasteiger partial charge in [-0.2, -0.15) is 0 Å². The third-order valence-electron chi connectivity index (χ3n) is 4.56. The molecule has 24 heavy (non-hydrogen) atoms. The van der Waals surface area contributed by atoms with Gasteiger partial charge in [0.05, 0.1) is 45.9 Å². The lowest BCUT2D eigenvalue weighted by Crippen LogP contribution is -3.13. The lowest BCUT2D eigenvalue weighted by atomic mass is 9.97. The fourth-order valence-electron chi connectivity index (χ4n) is 3.17. The molecule has 1 aromatic rings. The first-order valence-electron chi connectivity index (χ1n) is 9.00. The smallest absolute Gasteiger partial charge is 0.309 e. The SMILES string of the molecule is CCOC(=O)C1CC[NH+](CCCCOc2ccccc2OC)CC1. The molecule has 134 valence electrons. The minimum Gasteiger partial charge on any atom is -0.493 e. The van der Waals surface area contributed by atoms with Crippen molar-refractivity contribution in [3.63, 3.8) is 0 Å². The first kappa shape index (κ1) is 18.6. The van der Waals surface area contributed by atoms with E-state index in [0.717, 1.165) is 56.8 Å². The van der Waals surface area contributed by atoms with Crippen LogP contribution in [0.15, 0.2) is 24.3 Å². The monoisotopic (exact) mass is 336 g/mol. The van der Waals surface area contributed by atoms with Crippen LogP contribution in [0.25, 0.3) is 0 Å². The molecule has 0 aromatic heterocycles. The Bertz CT molecular complexity index is 498. The summed E-state index contributed by atoms with van der Waals surface area (Å²) in [5, 5.41) is 0. The number of methoxy groups -OCH3 is 1. The Morgan fingerprint density at radius 1 is 1.17 bits per heavy atom. The van der Waals surface area contributed by atoms with E-state index in [1.54, 1.807) is 12.0 Å². The first-order chi connectivity index (χ1) is 11.7. The van der Waals surface area contributed by atoms with Crippen molar-refractivity contribution in [3.8, 4) is 11.5 Å². The van der Waals surface area contributed by atoms with Gasteiger partial charge in [0.15, 0.2) is 11.5 Å². The van der Waals surface area contributed by atoms with Crippen molar-refractivity contribution >= 4 is 5.97 Å². The van der Waals surface area contributed by atoms with Crippen molar-refractivity contribution in [1.82, 2.24) is 0 Å². The molecule has 1 aliphatic rings. The molecule has 0 radical (unpaired) electrons. The Morgan fingerprint density at radius 3 is 2.54 bits per heavy atom. The number of hydrogen-bond acceptors (Lipinski definition) is 4. The van der Waals surface area contributed by atoms with Gasteiger partial charge >= 0.3 is 5.97 Å². The molecule has 0 spiro atoms. The van der Waals surface area contributed by atoms with E-state index in [1.807, 2.05) is 31.2 Å². The first-order valence-corrected chi connectivity index (χ1v) is 9.00. The topological polar surface area (TPSA) is 49.2 Å². The molecule has 1 N–H and O–H groups in total. The van der Waals surface area contributed by atoms with E-state index in [2.05, 4.69) is 0 Å². The van der Waals surface area contributed by atoms with Crippen molar-refractivity contribution in [1.29, 1.82) is 0 Å². The summed E-state index contributed by atoms with van der Waals surface area (Å²) in [6.07, 6.45) is 4.06. The van der Waals surface area contributed by atoms with Crippen LogP contribution in [0.5, 0.6) is 11.5 Å². The highest BCUT2D eigenvalue weighted by molar-refractivity contribution is 5.72. The van der Waals surface area contributed by atoms with Gasteiger partial charge in [0.2, 0.25) is 0 Å². The summed E-state index contributed by atoms with van der Waals surface area (Å²) in [5.41, 5.74) is 0. The number of rotatable bonds is 9. The number of carbonyl (C=O) groups excluding carboxylic acids is 1. The van der Waals surface area contributed by atoms with Crippen LogP contribution in [-0.2, 0) is 9.53 Å². The van der Waals surface area contributed by atoms with Crippen molar-refractivity contribution in [2.45, 2.75) is 32.6 Å². The standard InChI is InChI=1S/C19H29NO4/c1-3-23-19(21)16-10-13-20(14-11-16)12-6-7-15-24-18-9-5-4-8-17(18)22-2/h4-5,8-9,16H,3,6-7,10-15H2,1-2H3/p+1. The summed E-state index contributed by atoms with van der Waals surface area (Å²) in [6, 6.07) is 7.74. The average molecular weight is 336 g/mol. The molecular weight excluding hydrogens is 306 g/mol. The molecule has 1 fully saturated rings. The molecule has 1 aliphatic heterocycles. The average Bonchev–Trinajstić information content (AvgIpc) is 2.62.